The van der Waals surface area contributed by atoms with Crippen LogP contribution in [0, 0.1) is 0 Å². The van der Waals surface area contributed by atoms with Gasteiger partial charge in [-0.1, -0.05) is 0 Å². The first-order chi connectivity index (χ1) is 7.91. The van der Waals surface area contributed by atoms with Crippen LogP contribution in [0.25, 0.3) is 0 Å². The van der Waals surface area contributed by atoms with Gasteiger partial charge in [0.05, 0.1) is 0 Å². The maximum absolute atomic E-state index is 11.7. The SMILES string of the molecule is C/C(=C/NC(=O)OC(C)(C)C)C(=O)NC(C)(C)C. The summed E-state index contributed by atoms with van der Waals surface area (Å²) in [5.74, 6) is -0.224. The molecule has 0 fully saturated rings. The van der Waals surface area contributed by atoms with Crippen molar-refractivity contribution in [2.45, 2.75) is 59.6 Å². The molecule has 0 aromatic rings. The summed E-state index contributed by atoms with van der Waals surface area (Å²) in [7, 11) is 0. The molecular weight excluding hydrogens is 232 g/mol. The van der Waals surface area contributed by atoms with Crippen molar-refractivity contribution in [2.24, 2.45) is 0 Å². The highest BCUT2D eigenvalue weighted by atomic mass is 16.6. The Labute approximate surface area is 109 Å². The van der Waals surface area contributed by atoms with E-state index < -0.39 is 11.7 Å². The van der Waals surface area contributed by atoms with E-state index in [1.165, 1.54) is 6.20 Å². The Morgan fingerprint density at radius 1 is 1.06 bits per heavy atom. The first kappa shape index (κ1) is 16.5. The zero-order valence-electron chi connectivity index (χ0n) is 12.3. The summed E-state index contributed by atoms with van der Waals surface area (Å²) in [6.07, 6.45) is 0.764. The number of carbonyl (C=O) groups is 2. The van der Waals surface area contributed by atoms with Gasteiger partial charge in [0.25, 0.3) is 0 Å². The number of carbonyl (C=O) groups excluding carboxylic acids is 2. The molecule has 0 radical (unpaired) electrons. The molecule has 0 saturated heterocycles. The van der Waals surface area contributed by atoms with Gasteiger partial charge in [-0.2, -0.15) is 0 Å². The van der Waals surface area contributed by atoms with Crippen LogP contribution in [0.4, 0.5) is 4.79 Å². The molecule has 0 unspecified atom stereocenters. The molecule has 0 aliphatic carbocycles. The lowest BCUT2D eigenvalue weighted by Crippen LogP contribution is -2.41. The second-order valence-corrected chi connectivity index (χ2v) is 6.18. The van der Waals surface area contributed by atoms with Crippen molar-refractivity contribution in [3.8, 4) is 0 Å². The number of nitrogens with one attached hydrogen (secondary N) is 2. The van der Waals surface area contributed by atoms with E-state index in [9.17, 15) is 9.59 Å². The molecule has 0 aliphatic heterocycles. The van der Waals surface area contributed by atoms with E-state index in [1.54, 1.807) is 27.7 Å². The van der Waals surface area contributed by atoms with Crippen LogP contribution in [0.1, 0.15) is 48.5 Å². The minimum atomic E-state index is -0.578. The van der Waals surface area contributed by atoms with E-state index in [1.807, 2.05) is 20.8 Å². The van der Waals surface area contributed by atoms with Gasteiger partial charge >= 0.3 is 6.09 Å². The monoisotopic (exact) mass is 256 g/mol. The molecule has 0 bridgehead atoms. The highest BCUT2D eigenvalue weighted by Crippen LogP contribution is 2.06. The fraction of sp³-hybridized carbons (Fsp3) is 0.692. The lowest BCUT2D eigenvalue weighted by atomic mass is 10.1. The van der Waals surface area contributed by atoms with Gasteiger partial charge < -0.3 is 10.1 Å². The van der Waals surface area contributed by atoms with Gasteiger partial charge in [-0.05, 0) is 48.5 Å². The Kier molecular flexibility index (Phi) is 5.39. The van der Waals surface area contributed by atoms with Crippen LogP contribution in [-0.2, 0) is 9.53 Å². The van der Waals surface area contributed by atoms with Gasteiger partial charge in [-0.15, -0.1) is 0 Å². The van der Waals surface area contributed by atoms with Crippen molar-refractivity contribution in [1.82, 2.24) is 10.6 Å². The van der Waals surface area contributed by atoms with Gasteiger partial charge in [0.1, 0.15) is 5.60 Å². The van der Waals surface area contributed by atoms with Crippen molar-refractivity contribution >= 4 is 12.0 Å². The summed E-state index contributed by atoms with van der Waals surface area (Å²) < 4.78 is 5.04. The van der Waals surface area contributed by atoms with E-state index in [0.29, 0.717) is 5.57 Å². The normalized spacial score (nSPS) is 12.9. The number of hydrogen-bond acceptors (Lipinski definition) is 3. The lowest BCUT2D eigenvalue weighted by molar-refractivity contribution is -0.118. The van der Waals surface area contributed by atoms with Crippen LogP contribution < -0.4 is 10.6 Å². The van der Waals surface area contributed by atoms with Crippen LogP contribution in [0.2, 0.25) is 0 Å². The minimum absolute atomic E-state index is 0.224. The number of ether oxygens (including phenoxy) is 1. The second kappa shape index (κ2) is 5.89. The zero-order valence-corrected chi connectivity index (χ0v) is 12.3. The quantitative estimate of drug-likeness (QED) is 0.745. The van der Waals surface area contributed by atoms with Crippen LogP contribution in [0.15, 0.2) is 11.8 Å². The van der Waals surface area contributed by atoms with Crippen molar-refractivity contribution in [3.05, 3.63) is 11.8 Å². The molecule has 0 saturated carbocycles. The van der Waals surface area contributed by atoms with Crippen LogP contribution in [-0.4, -0.2) is 23.1 Å². The Morgan fingerprint density at radius 2 is 1.56 bits per heavy atom. The van der Waals surface area contributed by atoms with Crippen molar-refractivity contribution in [1.29, 1.82) is 0 Å². The standard InChI is InChI=1S/C13H24N2O3/c1-9(10(16)15-12(2,3)4)8-14-11(17)18-13(5,6)7/h8H,1-7H3,(H,14,17)(H,15,16)/b9-8-. The Morgan fingerprint density at radius 3 is 1.94 bits per heavy atom. The molecular formula is C13H24N2O3. The fourth-order valence-corrected chi connectivity index (χ4v) is 0.979. The summed E-state index contributed by atoms with van der Waals surface area (Å²) in [6, 6.07) is 0. The van der Waals surface area contributed by atoms with Crippen molar-refractivity contribution in [2.75, 3.05) is 0 Å². The summed E-state index contributed by atoms with van der Waals surface area (Å²) in [5, 5.41) is 5.21. The number of hydrogen-bond donors (Lipinski definition) is 2. The Hall–Kier alpha value is -1.52. The third kappa shape index (κ3) is 8.61. The molecule has 0 atom stereocenters. The summed E-state index contributed by atoms with van der Waals surface area (Å²) in [5.41, 5.74) is -0.451. The number of amides is 2. The molecule has 2 amide bonds. The molecule has 18 heavy (non-hydrogen) atoms. The maximum Gasteiger partial charge on any atom is 0.411 e. The highest BCUT2D eigenvalue weighted by molar-refractivity contribution is 5.93. The molecule has 5 nitrogen and oxygen atoms in total. The van der Waals surface area contributed by atoms with Gasteiger partial charge in [0.15, 0.2) is 0 Å². The van der Waals surface area contributed by atoms with Crippen LogP contribution in [0.3, 0.4) is 0 Å². The second-order valence-electron chi connectivity index (χ2n) is 6.18. The van der Waals surface area contributed by atoms with Crippen molar-refractivity contribution < 1.29 is 14.3 Å². The molecule has 0 spiro atoms. The number of alkyl carbamates (subject to hydrolysis) is 1. The predicted octanol–water partition coefficient (Wildman–Crippen LogP) is 2.33. The van der Waals surface area contributed by atoms with E-state index in [4.69, 9.17) is 4.74 Å². The maximum atomic E-state index is 11.7. The first-order valence-corrected chi connectivity index (χ1v) is 5.89. The van der Waals surface area contributed by atoms with E-state index in [0.717, 1.165) is 0 Å². The van der Waals surface area contributed by atoms with Crippen molar-refractivity contribution in [3.63, 3.8) is 0 Å². The highest BCUT2D eigenvalue weighted by Gasteiger charge is 2.17. The Balaban J connectivity index is 4.36. The first-order valence-electron chi connectivity index (χ1n) is 5.89. The lowest BCUT2D eigenvalue weighted by Gasteiger charge is -2.21. The largest absolute Gasteiger partial charge is 0.444 e. The van der Waals surface area contributed by atoms with Crippen LogP contribution >= 0.6 is 0 Å². The third-order valence-corrected chi connectivity index (χ3v) is 1.65. The van der Waals surface area contributed by atoms with E-state index in [2.05, 4.69) is 10.6 Å². The summed E-state index contributed by atoms with van der Waals surface area (Å²) in [4.78, 5) is 23.0. The van der Waals surface area contributed by atoms with E-state index >= 15 is 0 Å². The molecule has 104 valence electrons. The molecule has 2 N–H and O–H groups in total. The summed E-state index contributed by atoms with van der Waals surface area (Å²) >= 11 is 0. The molecule has 0 heterocycles. The summed E-state index contributed by atoms with van der Waals surface area (Å²) in [6.45, 7) is 12.6. The minimum Gasteiger partial charge on any atom is -0.444 e. The molecule has 0 rings (SSSR count). The topological polar surface area (TPSA) is 67.4 Å². The van der Waals surface area contributed by atoms with Crippen LogP contribution in [0.5, 0.6) is 0 Å². The van der Waals surface area contributed by atoms with E-state index in [-0.39, 0.29) is 11.4 Å². The average molecular weight is 256 g/mol. The molecule has 0 aliphatic rings. The smallest absolute Gasteiger partial charge is 0.411 e. The Bertz CT molecular complexity index is 346. The van der Waals surface area contributed by atoms with Gasteiger partial charge in [-0.3, -0.25) is 10.1 Å². The zero-order chi connectivity index (χ0) is 14.6. The van der Waals surface area contributed by atoms with Gasteiger partial charge in [0.2, 0.25) is 5.91 Å². The number of rotatable bonds is 2. The van der Waals surface area contributed by atoms with Gasteiger partial charge in [-0.25, -0.2) is 4.79 Å². The molecule has 0 aromatic heterocycles. The van der Waals surface area contributed by atoms with Gasteiger partial charge in [0, 0.05) is 17.3 Å². The predicted molar refractivity (Wildman–Crippen MR) is 71.0 cm³/mol. The molecule has 5 heteroatoms. The fourth-order valence-electron chi connectivity index (χ4n) is 0.979. The molecule has 0 aromatic carbocycles. The average Bonchev–Trinajstić information content (AvgIpc) is 2.08. The third-order valence-electron chi connectivity index (χ3n) is 1.65.